The number of nitrogens with zero attached hydrogens (tertiary/aromatic N) is 1. The minimum Gasteiger partial charge on any atom is -0.331 e. The van der Waals surface area contributed by atoms with Crippen LogP contribution in [0.15, 0.2) is 24.3 Å². The van der Waals surface area contributed by atoms with Crippen molar-refractivity contribution in [3.05, 3.63) is 29.8 Å². The van der Waals surface area contributed by atoms with Crippen molar-refractivity contribution < 1.29 is 22.8 Å². The SMILES string of the molecule is CCN(Cc1cccc(NC(=O)C2CC3CCCCC3N2)c1)C(=O)C(F)(F)F. The smallest absolute Gasteiger partial charge is 0.331 e. The Balaban J connectivity index is 1.61. The number of carbonyl (C=O) groups is 2. The number of hydrogen-bond donors (Lipinski definition) is 2. The van der Waals surface area contributed by atoms with Crippen LogP contribution in [0.4, 0.5) is 18.9 Å². The third-order valence-electron chi connectivity index (χ3n) is 5.66. The molecule has 8 heteroatoms. The Hall–Kier alpha value is -2.09. The summed E-state index contributed by atoms with van der Waals surface area (Å²) in [5, 5.41) is 6.27. The van der Waals surface area contributed by atoms with Gasteiger partial charge in [-0.3, -0.25) is 9.59 Å². The molecule has 1 aliphatic heterocycles. The van der Waals surface area contributed by atoms with Crippen LogP contribution >= 0.6 is 0 Å². The van der Waals surface area contributed by atoms with Gasteiger partial charge in [0.2, 0.25) is 5.91 Å². The predicted molar refractivity (Wildman–Crippen MR) is 99.5 cm³/mol. The molecule has 5 nitrogen and oxygen atoms in total. The molecule has 2 aliphatic rings. The Morgan fingerprint density at radius 1 is 1.25 bits per heavy atom. The third-order valence-corrected chi connectivity index (χ3v) is 5.66. The molecular formula is C20H26F3N3O2. The van der Waals surface area contributed by atoms with Crippen molar-refractivity contribution in [2.45, 2.75) is 63.8 Å². The number of nitrogens with one attached hydrogen (secondary N) is 2. The van der Waals surface area contributed by atoms with E-state index in [1.807, 2.05) is 0 Å². The van der Waals surface area contributed by atoms with Crippen LogP contribution in [0.2, 0.25) is 0 Å². The van der Waals surface area contributed by atoms with E-state index in [2.05, 4.69) is 10.6 Å². The standard InChI is InChI=1S/C20H26F3N3O2/c1-2-26(19(28)20(21,22)23)12-13-6-5-8-15(10-13)24-18(27)17-11-14-7-3-4-9-16(14)25-17/h5-6,8,10,14,16-17,25H,2-4,7,9,11-12H2,1H3,(H,24,27). The number of alkyl halides is 3. The van der Waals surface area contributed by atoms with Crippen LogP contribution in [-0.2, 0) is 16.1 Å². The zero-order valence-corrected chi connectivity index (χ0v) is 15.9. The number of benzene rings is 1. The van der Waals surface area contributed by atoms with Gasteiger partial charge in [-0.1, -0.05) is 25.0 Å². The molecule has 1 heterocycles. The number of fused-ring (bicyclic) bond motifs is 1. The number of hydrogen-bond acceptors (Lipinski definition) is 3. The van der Waals surface area contributed by atoms with Crippen LogP contribution in [-0.4, -0.2) is 41.5 Å². The maximum absolute atomic E-state index is 12.7. The van der Waals surface area contributed by atoms with E-state index in [9.17, 15) is 22.8 Å². The number of anilines is 1. The Labute approximate surface area is 162 Å². The molecule has 3 unspecified atom stereocenters. The van der Waals surface area contributed by atoms with Crippen molar-refractivity contribution in [1.82, 2.24) is 10.2 Å². The van der Waals surface area contributed by atoms with Crippen LogP contribution < -0.4 is 10.6 Å². The molecular weight excluding hydrogens is 371 g/mol. The van der Waals surface area contributed by atoms with Crippen molar-refractivity contribution in [2.24, 2.45) is 5.92 Å². The molecule has 1 aliphatic carbocycles. The van der Waals surface area contributed by atoms with Gasteiger partial charge in [0.25, 0.3) is 0 Å². The van der Waals surface area contributed by atoms with Gasteiger partial charge in [-0.05, 0) is 49.8 Å². The lowest BCUT2D eigenvalue weighted by molar-refractivity contribution is -0.185. The van der Waals surface area contributed by atoms with Crippen LogP contribution in [0.5, 0.6) is 0 Å². The summed E-state index contributed by atoms with van der Waals surface area (Å²) in [5.41, 5.74) is 1.06. The normalized spacial score (nSPS) is 24.5. The highest BCUT2D eigenvalue weighted by Gasteiger charge is 2.42. The summed E-state index contributed by atoms with van der Waals surface area (Å²) in [7, 11) is 0. The Morgan fingerprint density at radius 2 is 2.00 bits per heavy atom. The second kappa shape index (κ2) is 8.51. The fraction of sp³-hybridized carbons (Fsp3) is 0.600. The molecule has 0 radical (unpaired) electrons. The first-order chi connectivity index (χ1) is 13.3. The summed E-state index contributed by atoms with van der Waals surface area (Å²) in [4.78, 5) is 24.8. The maximum atomic E-state index is 12.7. The van der Waals surface area contributed by atoms with Crippen molar-refractivity contribution in [2.75, 3.05) is 11.9 Å². The minimum atomic E-state index is -4.90. The molecule has 3 atom stereocenters. The highest BCUT2D eigenvalue weighted by Crippen LogP contribution is 2.33. The van der Waals surface area contributed by atoms with Crippen molar-refractivity contribution in [3.8, 4) is 0 Å². The van der Waals surface area contributed by atoms with Gasteiger partial charge >= 0.3 is 12.1 Å². The lowest BCUT2D eigenvalue weighted by atomic mass is 9.85. The van der Waals surface area contributed by atoms with Crippen LogP contribution in [0.3, 0.4) is 0 Å². The number of amides is 2. The number of carbonyl (C=O) groups excluding carboxylic acids is 2. The molecule has 154 valence electrons. The van der Waals surface area contributed by atoms with Gasteiger partial charge in [-0.25, -0.2) is 0 Å². The van der Waals surface area contributed by atoms with Gasteiger partial charge in [0.1, 0.15) is 0 Å². The average molecular weight is 397 g/mol. The van der Waals surface area contributed by atoms with E-state index in [1.165, 1.54) is 19.8 Å². The van der Waals surface area contributed by atoms with Crippen molar-refractivity contribution in [1.29, 1.82) is 0 Å². The summed E-state index contributed by atoms with van der Waals surface area (Å²) in [6, 6.07) is 6.79. The first-order valence-electron chi connectivity index (χ1n) is 9.80. The van der Waals surface area contributed by atoms with Crippen LogP contribution in [0, 0.1) is 5.92 Å². The summed E-state index contributed by atoms with van der Waals surface area (Å²) in [5.74, 6) is -1.44. The Bertz CT molecular complexity index is 709. The Morgan fingerprint density at radius 3 is 2.68 bits per heavy atom. The molecule has 1 aromatic rings. The summed E-state index contributed by atoms with van der Waals surface area (Å²) in [6.45, 7) is 1.29. The quantitative estimate of drug-likeness (QED) is 0.800. The second-order valence-electron chi connectivity index (χ2n) is 7.61. The average Bonchev–Trinajstić information content (AvgIpc) is 3.09. The van der Waals surface area contributed by atoms with Crippen molar-refractivity contribution in [3.63, 3.8) is 0 Å². The molecule has 2 amide bonds. The summed E-state index contributed by atoms with van der Waals surface area (Å²) in [6.07, 6.45) is 0.576. The highest BCUT2D eigenvalue weighted by molar-refractivity contribution is 5.95. The number of halogens is 3. The first kappa shape index (κ1) is 20.6. The Kier molecular flexibility index (Phi) is 6.27. The molecule has 2 fully saturated rings. The molecule has 1 saturated carbocycles. The van der Waals surface area contributed by atoms with E-state index in [1.54, 1.807) is 24.3 Å². The zero-order valence-electron chi connectivity index (χ0n) is 15.9. The van der Waals surface area contributed by atoms with Crippen LogP contribution in [0.1, 0.15) is 44.6 Å². The van der Waals surface area contributed by atoms with E-state index < -0.39 is 12.1 Å². The highest BCUT2D eigenvalue weighted by atomic mass is 19.4. The van der Waals surface area contributed by atoms with Gasteiger partial charge in [0.05, 0.1) is 6.04 Å². The van der Waals surface area contributed by atoms with E-state index in [-0.39, 0.29) is 25.0 Å². The number of rotatable bonds is 5. The molecule has 3 rings (SSSR count). The fourth-order valence-corrected chi connectivity index (χ4v) is 4.22. The zero-order chi connectivity index (χ0) is 20.3. The fourth-order valence-electron chi connectivity index (χ4n) is 4.22. The largest absolute Gasteiger partial charge is 0.471 e. The van der Waals surface area contributed by atoms with E-state index in [0.29, 0.717) is 23.2 Å². The minimum absolute atomic E-state index is 0.0519. The van der Waals surface area contributed by atoms with Gasteiger partial charge in [0.15, 0.2) is 0 Å². The van der Waals surface area contributed by atoms with Gasteiger partial charge < -0.3 is 15.5 Å². The summed E-state index contributed by atoms with van der Waals surface area (Å²) >= 11 is 0. The lowest BCUT2D eigenvalue weighted by Gasteiger charge is -2.24. The molecule has 1 saturated heterocycles. The predicted octanol–water partition coefficient (Wildman–Crippen LogP) is 3.46. The maximum Gasteiger partial charge on any atom is 0.471 e. The van der Waals surface area contributed by atoms with E-state index >= 15 is 0 Å². The molecule has 28 heavy (non-hydrogen) atoms. The second-order valence-corrected chi connectivity index (χ2v) is 7.61. The molecule has 0 bridgehead atoms. The third kappa shape index (κ3) is 4.84. The van der Waals surface area contributed by atoms with Gasteiger partial charge in [-0.15, -0.1) is 0 Å². The monoisotopic (exact) mass is 397 g/mol. The topological polar surface area (TPSA) is 61.4 Å². The van der Waals surface area contributed by atoms with Gasteiger partial charge in [-0.2, -0.15) is 13.2 Å². The molecule has 0 aromatic heterocycles. The lowest BCUT2D eigenvalue weighted by Crippen LogP contribution is -2.40. The van der Waals surface area contributed by atoms with Gasteiger partial charge in [0, 0.05) is 24.8 Å². The molecule has 2 N–H and O–H groups in total. The van der Waals surface area contributed by atoms with Crippen molar-refractivity contribution >= 4 is 17.5 Å². The molecule has 0 spiro atoms. The molecule has 1 aromatic carbocycles. The van der Waals surface area contributed by atoms with Crippen LogP contribution in [0.25, 0.3) is 0 Å². The first-order valence-corrected chi connectivity index (χ1v) is 9.80. The summed E-state index contributed by atoms with van der Waals surface area (Å²) < 4.78 is 38.1. The van der Waals surface area contributed by atoms with E-state index in [4.69, 9.17) is 0 Å². The van der Waals surface area contributed by atoms with E-state index in [0.717, 1.165) is 24.2 Å².